The van der Waals surface area contributed by atoms with E-state index in [1.165, 1.54) is 6.07 Å². The Hall–Kier alpha value is -2.11. The molecule has 2 rings (SSSR count). The summed E-state index contributed by atoms with van der Waals surface area (Å²) in [6, 6.07) is 1.72. The number of aryl methyl sites for hydroxylation is 1. The average Bonchev–Trinajstić information content (AvgIpc) is 2.83. The van der Waals surface area contributed by atoms with Gasteiger partial charge < -0.3 is 9.90 Å². The van der Waals surface area contributed by atoms with Crippen LogP contribution in [0, 0.1) is 13.8 Å². The summed E-state index contributed by atoms with van der Waals surface area (Å²) >= 11 is 0. The van der Waals surface area contributed by atoms with E-state index in [2.05, 4.69) is 15.3 Å². The first-order valence-electron chi connectivity index (χ1n) is 5.74. The SMILES string of the molecule is Cc1nn(C(C)C)c(C)c1-c1cc(C(=O)[O-])[nH]n1. The lowest BCUT2D eigenvalue weighted by molar-refractivity contribution is -0.255. The fourth-order valence-corrected chi connectivity index (χ4v) is 2.09. The van der Waals surface area contributed by atoms with E-state index in [1.54, 1.807) is 0 Å². The Morgan fingerprint density at radius 1 is 1.44 bits per heavy atom. The first kappa shape index (κ1) is 12.3. The fraction of sp³-hybridized carbons (Fsp3) is 0.417. The van der Waals surface area contributed by atoms with Gasteiger partial charge in [0.2, 0.25) is 0 Å². The molecule has 0 aliphatic heterocycles. The molecule has 0 aliphatic rings. The standard InChI is InChI=1S/C12H16N4O2/c1-6(2)16-8(4)11(7(3)15-16)9-5-10(12(17)18)14-13-9/h5-6H,1-4H3,(H,13,14)(H,17,18)/p-1. The van der Waals surface area contributed by atoms with Crippen molar-refractivity contribution in [2.45, 2.75) is 33.7 Å². The second kappa shape index (κ2) is 4.29. The Morgan fingerprint density at radius 3 is 2.56 bits per heavy atom. The van der Waals surface area contributed by atoms with Crippen LogP contribution in [0.3, 0.4) is 0 Å². The summed E-state index contributed by atoms with van der Waals surface area (Å²) < 4.78 is 1.90. The van der Waals surface area contributed by atoms with Gasteiger partial charge in [-0.3, -0.25) is 9.78 Å². The van der Waals surface area contributed by atoms with E-state index in [-0.39, 0.29) is 11.7 Å². The van der Waals surface area contributed by atoms with E-state index in [9.17, 15) is 9.90 Å². The van der Waals surface area contributed by atoms with Crippen LogP contribution in [0.5, 0.6) is 0 Å². The predicted molar refractivity (Wildman–Crippen MR) is 64.0 cm³/mol. The van der Waals surface area contributed by atoms with Crippen LogP contribution in [-0.4, -0.2) is 25.9 Å². The number of H-pyrrole nitrogens is 1. The van der Waals surface area contributed by atoms with Gasteiger partial charge in [-0.25, -0.2) is 0 Å². The largest absolute Gasteiger partial charge is 0.543 e. The smallest absolute Gasteiger partial charge is 0.0964 e. The van der Waals surface area contributed by atoms with Gasteiger partial charge in [-0.1, -0.05) is 0 Å². The van der Waals surface area contributed by atoms with Crippen LogP contribution in [0.1, 0.15) is 41.8 Å². The number of rotatable bonds is 3. The molecule has 0 bridgehead atoms. The number of hydrogen-bond donors (Lipinski definition) is 1. The van der Waals surface area contributed by atoms with E-state index in [0.717, 1.165) is 17.0 Å². The van der Waals surface area contributed by atoms with Crippen molar-refractivity contribution in [1.82, 2.24) is 20.0 Å². The van der Waals surface area contributed by atoms with Gasteiger partial charge in [-0.2, -0.15) is 10.2 Å². The summed E-state index contributed by atoms with van der Waals surface area (Å²) in [4.78, 5) is 10.7. The second-order valence-electron chi connectivity index (χ2n) is 4.54. The third-order valence-corrected chi connectivity index (χ3v) is 2.87. The lowest BCUT2D eigenvalue weighted by atomic mass is 10.1. The topological polar surface area (TPSA) is 86.6 Å². The van der Waals surface area contributed by atoms with Gasteiger partial charge in [0.15, 0.2) is 0 Å². The summed E-state index contributed by atoms with van der Waals surface area (Å²) in [7, 11) is 0. The van der Waals surface area contributed by atoms with Crippen molar-refractivity contribution in [2.75, 3.05) is 0 Å². The highest BCUT2D eigenvalue weighted by Crippen LogP contribution is 2.27. The van der Waals surface area contributed by atoms with Crippen LogP contribution in [0.2, 0.25) is 0 Å². The molecule has 0 amide bonds. The monoisotopic (exact) mass is 247 g/mol. The molecule has 96 valence electrons. The molecule has 2 heterocycles. The molecule has 6 nitrogen and oxygen atoms in total. The molecule has 1 N–H and O–H groups in total. The Morgan fingerprint density at radius 2 is 2.11 bits per heavy atom. The Bertz CT molecular complexity index is 595. The lowest BCUT2D eigenvalue weighted by Gasteiger charge is -2.07. The van der Waals surface area contributed by atoms with Crippen LogP contribution in [0.15, 0.2) is 6.07 Å². The minimum Gasteiger partial charge on any atom is -0.543 e. The highest BCUT2D eigenvalue weighted by Gasteiger charge is 2.17. The van der Waals surface area contributed by atoms with Gasteiger partial charge in [-0.05, 0) is 33.8 Å². The number of aromatic nitrogens is 4. The molecule has 0 aromatic carbocycles. The maximum atomic E-state index is 10.7. The molecule has 0 unspecified atom stereocenters. The van der Waals surface area contributed by atoms with E-state index >= 15 is 0 Å². The quantitative estimate of drug-likeness (QED) is 0.870. The number of carbonyl (C=O) groups excluding carboxylic acids is 1. The van der Waals surface area contributed by atoms with Crippen molar-refractivity contribution < 1.29 is 9.90 Å². The van der Waals surface area contributed by atoms with Crippen LogP contribution in [0.25, 0.3) is 11.3 Å². The first-order valence-corrected chi connectivity index (χ1v) is 5.74. The Kier molecular flexibility index (Phi) is 2.94. The second-order valence-corrected chi connectivity index (χ2v) is 4.54. The van der Waals surface area contributed by atoms with Crippen molar-refractivity contribution in [3.63, 3.8) is 0 Å². The summed E-state index contributed by atoms with van der Waals surface area (Å²) in [5.74, 6) is -1.26. The van der Waals surface area contributed by atoms with Crippen molar-refractivity contribution >= 4 is 5.97 Å². The van der Waals surface area contributed by atoms with E-state index in [4.69, 9.17) is 0 Å². The van der Waals surface area contributed by atoms with Gasteiger partial charge in [0.25, 0.3) is 0 Å². The molecule has 18 heavy (non-hydrogen) atoms. The molecule has 0 spiro atoms. The fourth-order valence-electron chi connectivity index (χ4n) is 2.09. The minimum atomic E-state index is -1.26. The summed E-state index contributed by atoms with van der Waals surface area (Å²) in [5, 5.41) is 21.6. The van der Waals surface area contributed by atoms with Crippen LogP contribution in [0.4, 0.5) is 0 Å². The molecule has 0 fully saturated rings. The van der Waals surface area contributed by atoms with Crippen molar-refractivity contribution in [1.29, 1.82) is 0 Å². The maximum Gasteiger partial charge on any atom is 0.0964 e. The third kappa shape index (κ3) is 1.90. The number of carboxylic acid groups (broad SMARTS) is 1. The molecule has 2 aromatic rings. The van der Waals surface area contributed by atoms with E-state index in [0.29, 0.717) is 5.69 Å². The number of nitrogens with zero attached hydrogens (tertiary/aromatic N) is 3. The van der Waals surface area contributed by atoms with E-state index < -0.39 is 5.97 Å². The number of hydrogen-bond acceptors (Lipinski definition) is 4. The molecule has 0 aliphatic carbocycles. The molecule has 0 radical (unpaired) electrons. The molecule has 0 saturated heterocycles. The van der Waals surface area contributed by atoms with Gasteiger partial charge in [-0.15, -0.1) is 0 Å². The zero-order valence-corrected chi connectivity index (χ0v) is 10.8. The highest BCUT2D eigenvalue weighted by atomic mass is 16.4. The first-order chi connectivity index (χ1) is 8.41. The summed E-state index contributed by atoms with van der Waals surface area (Å²) in [5.41, 5.74) is 3.22. The predicted octanol–water partition coefficient (Wildman–Crippen LogP) is 0.834. The van der Waals surface area contributed by atoms with Crippen LogP contribution >= 0.6 is 0 Å². The van der Waals surface area contributed by atoms with Crippen molar-refractivity contribution in [2.24, 2.45) is 0 Å². The van der Waals surface area contributed by atoms with Crippen LogP contribution in [-0.2, 0) is 0 Å². The minimum absolute atomic E-state index is 0.0268. The van der Waals surface area contributed by atoms with Crippen molar-refractivity contribution in [3.05, 3.63) is 23.1 Å². The van der Waals surface area contributed by atoms with Crippen LogP contribution < -0.4 is 5.11 Å². The Labute approximate surface area is 105 Å². The van der Waals surface area contributed by atoms with Gasteiger partial charge >= 0.3 is 0 Å². The molecule has 0 saturated carbocycles. The summed E-state index contributed by atoms with van der Waals surface area (Å²) in [6.07, 6.45) is 0. The summed E-state index contributed by atoms with van der Waals surface area (Å²) in [6.45, 7) is 7.91. The number of nitrogens with one attached hydrogen (secondary N) is 1. The normalized spacial score (nSPS) is 11.2. The van der Waals surface area contributed by atoms with Gasteiger partial charge in [0.1, 0.15) is 0 Å². The number of carbonyl (C=O) groups is 1. The zero-order valence-electron chi connectivity index (χ0n) is 10.8. The zero-order chi connectivity index (χ0) is 13.4. The lowest BCUT2D eigenvalue weighted by Crippen LogP contribution is -2.22. The Balaban J connectivity index is 2.53. The number of carboxylic acids is 1. The van der Waals surface area contributed by atoms with E-state index in [1.807, 2.05) is 32.4 Å². The average molecular weight is 247 g/mol. The molecular formula is C12H15N4O2-. The molecule has 6 heteroatoms. The maximum absolute atomic E-state index is 10.7. The molecular weight excluding hydrogens is 232 g/mol. The van der Waals surface area contributed by atoms with Gasteiger partial charge in [0.05, 0.1) is 23.1 Å². The third-order valence-electron chi connectivity index (χ3n) is 2.87. The number of aromatic amines is 1. The van der Waals surface area contributed by atoms with Crippen molar-refractivity contribution in [3.8, 4) is 11.3 Å². The van der Waals surface area contributed by atoms with Gasteiger partial charge in [0, 0.05) is 17.3 Å². The molecule has 2 aromatic heterocycles. The number of aromatic carboxylic acids is 1. The highest BCUT2D eigenvalue weighted by molar-refractivity contribution is 5.85. The molecule has 0 atom stereocenters.